The maximum absolute atomic E-state index is 13.8. The second kappa shape index (κ2) is 8.74. The van der Waals surface area contributed by atoms with Crippen molar-refractivity contribution in [3.63, 3.8) is 0 Å². The number of sulfonamides is 1. The molecule has 1 aliphatic rings. The highest BCUT2D eigenvalue weighted by atomic mass is 32.2. The monoisotopic (exact) mass is 488 g/mol. The highest BCUT2D eigenvalue weighted by Crippen LogP contribution is 2.28. The molecule has 4 rings (SSSR count). The number of amides is 1. The highest BCUT2D eigenvalue weighted by molar-refractivity contribution is 7.89. The SMILES string of the molecule is CC(C)N(C[C@@H]1CCCN1C(=O)OC(C)(C)C)S(=O)(=O)c1ccc2[nH]c(=O)c3[nH]ccc3c2c1. The zero-order chi connectivity index (χ0) is 24.8. The zero-order valence-corrected chi connectivity index (χ0v) is 21.0. The van der Waals surface area contributed by atoms with Crippen molar-refractivity contribution in [1.29, 1.82) is 0 Å². The Morgan fingerprint density at radius 1 is 1.24 bits per heavy atom. The molecule has 1 aliphatic heterocycles. The summed E-state index contributed by atoms with van der Waals surface area (Å²) in [5.74, 6) is 0. The minimum absolute atomic E-state index is 0.144. The molecule has 2 N–H and O–H groups in total. The molecule has 9 nitrogen and oxygen atoms in total. The number of hydrogen-bond donors (Lipinski definition) is 2. The van der Waals surface area contributed by atoms with Crippen LogP contribution in [0.25, 0.3) is 21.8 Å². The van der Waals surface area contributed by atoms with E-state index >= 15 is 0 Å². The lowest BCUT2D eigenvalue weighted by Crippen LogP contribution is -2.48. The molecule has 0 unspecified atom stereocenters. The number of ether oxygens (including phenoxy) is 1. The molecule has 34 heavy (non-hydrogen) atoms. The number of benzene rings is 1. The fraction of sp³-hybridized carbons (Fsp3) is 0.500. The average Bonchev–Trinajstić information content (AvgIpc) is 3.40. The van der Waals surface area contributed by atoms with Crippen LogP contribution in [0.4, 0.5) is 4.79 Å². The van der Waals surface area contributed by atoms with Crippen LogP contribution in [0.1, 0.15) is 47.5 Å². The van der Waals surface area contributed by atoms with Crippen molar-refractivity contribution in [2.24, 2.45) is 0 Å². The number of aromatic amines is 2. The van der Waals surface area contributed by atoms with Gasteiger partial charge in [0.1, 0.15) is 11.1 Å². The Labute approximate surface area is 199 Å². The molecule has 2 aromatic heterocycles. The molecule has 1 saturated heterocycles. The van der Waals surface area contributed by atoms with E-state index in [1.807, 2.05) is 34.6 Å². The molecule has 3 heterocycles. The second-order valence-electron chi connectivity index (χ2n) is 10.1. The van der Waals surface area contributed by atoms with Crippen LogP contribution in [-0.2, 0) is 14.8 Å². The Bertz CT molecular complexity index is 1380. The lowest BCUT2D eigenvalue weighted by atomic mass is 10.1. The van der Waals surface area contributed by atoms with Crippen molar-refractivity contribution >= 4 is 37.9 Å². The summed E-state index contributed by atoms with van der Waals surface area (Å²) in [5, 5.41) is 1.32. The predicted octanol–water partition coefficient (Wildman–Crippen LogP) is 3.81. The number of H-pyrrole nitrogens is 2. The van der Waals surface area contributed by atoms with Gasteiger partial charge in [0.15, 0.2) is 0 Å². The first-order valence-corrected chi connectivity index (χ1v) is 13.0. The fourth-order valence-corrected chi connectivity index (χ4v) is 6.20. The molecule has 3 aromatic rings. The van der Waals surface area contributed by atoms with E-state index < -0.39 is 21.7 Å². The molecule has 1 aromatic carbocycles. The summed E-state index contributed by atoms with van der Waals surface area (Å²) < 4.78 is 34.5. The van der Waals surface area contributed by atoms with E-state index in [0.717, 1.165) is 6.42 Å². The van der Waals surface area contributed by atoms with Gasteiger partial charge in [-0.15, -0.1) is 0 Å². The van der Waals surface area contributed by atoms with Crippen LogP contribution in [0.3, 0.4) is 0 Å². The van der Waals surface area contributed by atoms with Gasteiger partial charge in [0, 0.05) is 47.7 Å². The lowest BCUT2D eigenvalue weighted by molar-refractivity contribution is 0.0209. The number of hydrogen-bond acceptors (Lipinski definition) is 5. The number of rotatable bonds is 5. The Morgan fingerprint density at radius 2 is 1.97 bits per heavy atom. The van der Waals surface area contributed by atoms with Gasteiger partial charge < -0.3 is 19.6 Å². The van der Waals surface area contributed by atoms with E-state index in [4.69, 9.17) is 4.74 Å². The normalized spacial score (nSPS) is 17.4. The largest absolute Gasteiger partial charge is 0.444 e. The van der Waals surface area contributed by atoms with Crippen molar-refractivity contribution in [3.05, 3.63) is 40.8 Å². The fourth-order valence-electron chi connectivity index (χ4n) is 4.50. The summed E-state index contributed by atoms with van der Waals surface area (Å²) >= 11 is 0. The van der Waals surface area contributed by atoms with Gasteiger partial charge >= 0.3 is 6.09 Å². The van der Waals surface area contributed by atoms with E-state index in [-0.39, 0.29) is 29.1 Å². The van der Waals surface area contributed by atoms with Gasteiger partial charge in [0.2, 0.25) is 10.0 Å². The van der Waals surface area contributed by atoms with Crippen molar-refractivity contribution < 1.29 is 17.9 Å². The third-order valence-corrected chi connectivity index (χ3v) is 8.12. The van der Waals surface area contributed by atoms with Crippen molar-refractivity contribution in [2.45, 2.75) is 70.0 Å². The molecule has 0 bridgehead atoms. The van der Waals surface area contributed by atoms with Gasteiger partial charge in [-0.05, 0) is 71.7 Å². The first-order chi connectivity index (χ1) is 15.9. The van der Waals surface area contributed by atoms with Crippen LogP contribution in [-0.4, -0.2) is 64.5 Å². The van der Waals surface area contributed by atoms with E-state index in [1.54, 1.807) is 29.3 Å². The average molecular weight is 489 g/mol. The summed E-state index contributed by atoms with van der Waals surface area (Å²) in [6.07, 6.45) is 2.75. The van der Waals surface area contributed by atoms with Crippen LogP contribution in [0.2, 0.25) is 0 Å². The Kier molecular flexibility index (Phi) is 6.24. The second-order valence-corrected chi connectivity index (χ2v) is 12.0. The van der Waals surface area contributed by atoms with E-state index in [9.17, 15) is 18.0 Å². The minimum atomic E-state index is -3.87. The number of aromatic nitrogens is 2. The standard InChI is InChI=1S/C24H32N4O5S/c1-15(2)28(14-16-7-6-12-27(16)23(30)33-24(3,4)5)34(31,32)17-8-9-20-19(13-17)18-10-11-25-21(18)22(29)26-20/h8-11,13,15-16,25H,6-7,12,14H2,1-5H3,(H,26,29)/t16-/m0/s1. The molecule has 184 valence electrons. The molecule has 10 heteroatoms. The maximum atomic E-state index is 13.8. The molecule has 1 atom stereocenters. The third-order valence-electron chi connectivity index (χ3n) is 6.08. The van der Waals surface area contributed by atoms with Gasteiger partial charge in [-0.2, -0.15) is 4.31 Å². The summed E-state index contributed by atoms with van der Waals surface area (Å²) in [6.45, 7) is 9.82. The van der Waals surface area contributed by atoms with Crippen LogP contribution in [0.5, 0.6) is 0 Å². The van der Waals surface area contributed by atoms with Gasteiger partial charge in [-0.1, -0.05) is 0 Å². The summed E-state index contributed by atoms with van der Waals surface area (Å²) in [6, 6.07) is 5.93. The number of nitrogens with one attached hydrogen (secondary N) is 2. The summed E-state index contributed by atoms with van der Waals surface area (Å²) in [7, 11) is -3.87. The quantitative estimate of drug-likeness (QED) is 0.567. The van der Waals surface area contributed by atoms with Crippen LogP contribution >= 0.6 is 0 Å². The predicted molar refractivity (Wildman–Crippen MR) is 131 cm³/mol. The van der Waals surface area contributed by atoms with Crippen LogP contribution in [0, 0.1) is 0 Å². The number of carbonyl (C=O) groups excluding carboxylic acids is 1. The first-order valence-electron chi connectivity index (χ1n) is 11.5. The molecular formula is C24H32N4O5S. The van der Waals surface area contributed by atoms with Crippen LogP contribution < -0.4 is 5.56 Å². The maximum Gasteiger partial charge on any atom is 0.410 e. The van der Waals surface area contributed by atoms with Gasteiger partial charge in [-0.3, -0.25) is 4.79 Å². The molecule has 1 fully saturated rings. The summed E-state index contributed by atoms with van der Waals surface area (Å²) in [5.41, 5.74) is 0.0973. The summed E-state index contributed by atoms with van der Waals surface area (Å²) in [4.78, 5) is 32.4. The van der Waals surface area contributed by atoms with Gasteiger partial charge in [-0.25, -0.2) is 13.2 Å². The van der Waals surface area contributed by atoms with Crippen molar-refractivity contribution in [2.75, 3.05) is 13.1 Å². The number of pyridine rings is 1. The van der Waals surface area contributed by atoms with E-state index in [0.29, 0.717) is 34.8 Å². The number of likely N-dealkylation sites (tertiary alicyclic amines) is 1. The Hall–Kier alpha value is -2.85. The van der Waals surface area contributed by atoms with E-state index in [1.165, 1.54) is 10.4 Å². The number of carbonyl (C=O) groups is 1. The molecule has 0 saturated carbocycles. The van der Waals surface area contributed by atoms with Gasteiger partial charge in [0.25, 0.3) is 5.56 Å². The Morgan fingerprint density at radius 3 is 2.65 bits per heavy atom. The first kappa shape index (κ1) is 24.3. The molecule has 0 spiro atoms. The minimum Gasteiger partial charge on any atom is -0.444 e. The molecule has 0 aliphatic carbocycles. The number of nitrogens with zero attached hydrogens (tertiary/aromatic N) is 2. The lowest BCUT2D eigenvalue weighted by Gasteiger charge is -2.33. The van der Waals surface area contributed by atoms with E-state index in [2.05, 4.69) is 9.97 Å². The van der Waals surface area contributed by atoms with Crippen molar-refractivity contribution in [3.8, 4) is 0 Å². The molecule has 0 radical (unpaired) electrons. The van der Waals surface area contributed by atoms with Crippen LogP contribution in [0.15, 0.2) is 40.2 Å². The smallest absolute Gasteiger partial charge is 0.410 e. The molecule has 1 amide bonds. The topological polar surface area (TPSA) is 116 Å². The van der Waals surface area contributed by atoms with Gasteiger partial charge in [0.05, 0.1) is 4.90 Å². The number of fused-ring (bicyclic) bond motifs is 3. The Balaban J connectivity index is 1.67. The van der Waals surface area contributed by atoms with Crippen molar-refractivity contribution in [1.82, 2.24) is 19.2 Å². The highest BCUT2D eigenvalue weighted by Gasteiger charge is 2.37. The zero-order valence-electron chi connectivity index (χ0n) is 20.2. The molecular weight excluding hydrogens is 456 g/mol. The third kappa shape index (κ3) is 4.56.